The summed E-state index contributed by atoms with van der Waals surface area (Å²) >= 11 is 0. The fourth-order valence-electron chi connectivity index (χ4n) is 3.56. The van der Waals surface area contributed by atoms with Crippen molar-refractivity contribution in [1.29, 1.82) is 0 Å². The molecular weight excluding hydrogens is 432 g/mol. The standard InChI is InChI=1S/C23H30N2O6S/c1-15(30-17-9-7-16(8-10-17)25(4)32(6,27)28)22(26)24-20-14-23(2,3)31-21-13-18(29-5)11-12-19(20)21/h7-13,15,20H,14H2,1-6H3,(H,24,26)/t15-,20+/m1/s1. The molecule has 1 aliphatic heterocycles. The molecule has 32 heavy (non-hydrogen) atoms. The highest BCUT2D eigenvalue weighted by molar-refractivity contribution is 7.92. The van der Waals surface area contributed by atoms with Gasteiger partial charge in [0.1, 0.15) is 22.8 Å². The molecule has 174 valence electrons. The Bertz CT molecular complexity index is 1080. The van der Waals surface area contributed by atoms with Gasteiger partial charge in [-0.3, -0.25) is 9.10 Å². The van der Waals surface area contributed by atoms with Gasteiger partial charge in [0.05, 0.1) is 25.1 Å². The zero-order chi connectivity index (χ0) is 23.7. The number of methoxy groups -OCH3 is 1. The molecule has 1 N–H and O–H groups in total. The number of sulfonamides is 1. The number of carbonyl (C=O) groups excluding carboxylic acids is 1. The number of rotatable bonds is 7. The smallest absolute Gasteiger partial charge is 0.261 e. The molecule has 0 aromatic heterocycles. The zero-order valence-electron chi connectivity index (χ0n) is 19.2. The van der Waals surface area contributed by atoms with Crippen molar-refractivity contribution in [2.45, 2.75) is 44.9 Å². The lowest BCUT2D eigenvalue weighted by Crippen LogP contribution is -2.44. The molecule has 9 heteroatoms. The summed E-state index contributed by atoms with van der Waals surface area (Å²) < 4.78 is 41.7. The van der Waals surface area contributed by atoms with Crippen molar-refractivity contribution in [1.82, 2.24) is 5.32 Å². The number of nitrogens with zero attached hydrogens (tertiary/aromatic N) is 1. The minimum Gasteiger partial charge on any atom is -0.497 e. The van der Waals surface area contributed by atoms with Gasteiger partial charge >= 0.3 is 0 Å². The largest absolute Gasteiger partial charge is 0.497 e. The summed E-state index contributed by atoms with van der Waals surface area (Å²) in [6, 6.07) is 11.9. The normalized spacial score (nSPS) is 18.0. The second-order valence-corrected chi connectivity index (χ2v) is 10.5. The lowest BCUT2D eigenvalue weighted by molar-refractivity contribution is -0.128. The number of hydrogen-bond donors (Lipinski definition) is 1. The van der Waals surface area contributed by atoms with E-state index in [-0.39, 0.29) is 11.9 Å². The minimum atomic E-state index is -3.35. The number of hydrogen-bond acceptors (Lipinski definition) is 6. The van der Waals surface area contributed by atoms with Gasteiger partial charge in [0.15, 0.2) is 6.10 Å². The Morgan fingerprint density at radius 3 is 2.41 bits per heavy atom. The first-order valence-corrected chi connectivity index (χ1v) is 12.1. The highest BCUT2D eigenvalue weighted by Crippen LogP contribution is 2.41. The van der Waals surface area contributed by atoms with E-state index in [0.717, 1.165) is 11.8 Å². The maximum absolute atomic E-state index is 12.9. The Hall–Kier alpha value is -2.94. The van der Waals surface area contributed by atoms with Crippen LogP contribution in [0.1, 0.15) is 38.8 Å². The number of fused-ring (bicyclic) bond motifs is 1. The van der Waals surface area contributed by atoms with Gasteiger partial charge in [-0.1, -0.05) is 0 Å². The molecule has 2 aromatic rings. The molecule has 3 rings (SSSR count). The van der Waals surface area contributed by atoms with Crippen LogP contribution in [0.25, 0.3) is 0 Å². The van der Waals surface area contributed by atoms with E-state index in [4.69, 9.17) is 14.2 Å². The fourth-order valence-corrected chi connectivity index (χ4v) is 4.07. The Kier molecular flexibility index (Phi) is 6.59. The highest BCUT2D eigenvalue weighted by atomic mass is 32.2. The maximum Gasteiger partial charge on any atom is 0.261 e. The molecule has 1 heterocycles. The first kappa shape index (κ1) is 23.7. The quantitative estimate of drug-likeness (QED) is 0.679. The third kappa shape index (κ3) is 5.45. The van der Waals surface area contributed by atoms with Crippen LogP contribution in [0.4, 0.5) is 5.69 Å². The molecule has 0 aliphatic carbocycles. The van der Waals surface area contributed by atoms with Crippen LogP contribution in [0.3, 0.4) is 0 Å². The van der Waals surface area contributed by atoms with Crippen molar-refractivity contribution < 1.29 is 27.4 Å². The second-order valence-electron chi connectivity index (χ2n) is 8.52. The molecule has 0 bridgehead atoms. The van der Waals surface area contributed by atoms with E-state index >= 15 is 0 Å². The van der Waals surface area contributed by atoms with E-state index in [1.54, 1.807) is 38.3 Å². The van der Waals surface area contributed by atoms with Crippen LogP contribution < -0.4 is 23.8 Å². The van der Waals surface area contributed by atoms with E-state index in [1.165, 1.54) is 11.4 Å². The molecule has 0 unspecified atom stereocenters. The monoisotopic (exact) mass is 462 g/mol. The molecular formula is C23H30N2O6S. The summed E-state index contributed by atoms with van der Waals surface area (Å²) in [6.45, 7) is 5.62. The summed E-state index contributed by atoms with van der Waals surface area (Å²) in [7, 11) is -0.277. The first-order chi connectivity index (χ1) is 14.9. The van der Waals surface area contributed by atoms with Gasteiger partial charge in [-0.2, -0.15) is 0 Å². The van der Waals surface area contributed by atoms with Gasteiger partial charge in [0.25, 0.3) is 5.91 Å². The van der Waals surface area contributed by atoms with Crippen LogP contribution in [0, 0.1) is 0 Å². The van der Waals surface area contributed by atoms with Crippen LogP contribution in [0.2, 0.25) is 0 Å². The SMILES string of the molecule is COc1ccc2c(c1)OC(C)(C)C[C@@H]2NC(=O)[C@@H](C)Oc1ccc(N(C)S(C)(=O)=O)cc1. The molecule has 1 aliphatic rings. The average molecular weight is 463 g/mol. The highest BCUT2D eigenvalue weighted by Gasteiger charge is 2.35. The third-order valence-electron chi connectivity index (χ3n) is 5.37. The number of ether oxygens (including phenoxy) is 3. The van der Waals surface area contributed by atoms with Crippen molar-refractivity contribution in [2.75, 3.05) is 24.7 Å². The summed E-state index contributed by atoms with van der Waals surface area (Å²) in [5.41, 5.74) is 0.940. The number of benzene rings is 2. The molecule has 2 atom stereocenters. The van der Waals surface area contributed by atoms with Crippen LogP contribution in [0.5, 0.6) is 17.2 Å². The first-order valence-electron chi connectivity index (χ1n) is 10.3. The maximum atomic E-state index is 12.9. The van der Waals surface area contributed by atoms with E-state index in [0.29, 0.717) is 29.4 Å². The van der Waals surface area contributed by atoms with Gasteiger partial charge in [0, 0.05) is 25.1 Å². The molecule has 0 spiro atoms. The third-order valence-corrected chi connectivity index (χ3v) is 6.58. The van der Waals surface area contributed by atoms with Crippen LogP contribution in [-0.4, -0.2) is 46.4 Å². The van der Waals surface area contributed by atoms with E-state index in [1.807, 2.05) is 32.0 Å². The van der Waals surface area contributed by atoms with Crippen LogP contribution in [-0.2, 0) is 14.8 Å². The van der Waals surface area contributed by atoms with Gasteiger partial charge in [0.2, 0.25) is 10.0 Å². The summed E-state index contributed by atoms with van der Waals surface area (Å²) in [5.74, 6) is 1.58. The number of carbonyl (C=O) groups is 1. The molecule has 1 amide bonds. The lowest BCUT2D eigenvalue weighted by atomic mass is 9.89. The number of amides is 1. The molecule has 2 aromatic carbocycles. The average Bonchev–Trinajstić information content (AvgIpc) is 2.71. The molecule has 0 radical (unpaired) electrons. The van der Waals surface area contributed by atoms with Gasteiger partial charge < -0.3 is 19.5 Å². The van der Waals surface area contributed by atoms with E-state index in [9.17, 15) is 13.2 Å². The topological polar surface area (TPSA) is 94.2 Å². The van der Waals surface area contributed by atoms with Crippen molar-refractivity contribution in [3.8, 4) is 17.2 Å². The Morgan fingerprint density at radius 2 is 1.81 bits per heavy atom. The van der Waals surface area contributed by atoms with E-state index in [2.05, 4.69) is 5.32 Å². The van der Waals surface area contributed by atoms with Crippen LogP contribution in [0.15, 0.2) is 42.5 Å². The Morgan fingerprint density at radius 1 is 1.19 bits per heavy atom. The van der Waals surface area contributed by atoms with E-state index < -0.39 is 21.7 Å². The number of anilines is 1. The van der Waals surface area contributed by atoms with Crippen molar-refractivity contribution >= 4 is 21.6 Å². The summed E-state index contributed by atoms with van der Waals surface area (Å²) in [4.78, 5) is 12.9. The van der Waals surface area contributed by atoms with Crippen molar-refractivity contribution in [3.05, 3.63) is 48.0 Å². The minimum absolute atomic E-state index is 0.232. The predicted molar refractivity (Wildman–Crippen MR) is 123 cm³/mol. The molecule has 0 fully saturated rings. The Balaban J connectivity index is 1.69. The predicted octanol–water partition coefficient (Wildman–Crippen LogP) is 3.28. The fraction of sp³-hybridized carbons (Fsp3) is 0.435. The Labute approximate surface area is 189 Å². The van der Waals surface area contributed by atoms with Crippen molar-refractivity contribution in [2.24, 2.45) is 0 Å². The molecule has 0 saturated heterocycles. The second kappa shape index (κ2) is 8.90. The molecule has 8 nitrogen and oxygen atoms in total. The van der Waals surface area contributed by atoms with Crippen molar-refractivity contribution in [3.63, 3.8) is 0 Å². The van der Waals surface area contributed by atoms with Gasteiger partial charge in [-0.05, 0) is 57.2 Å². The van der Waals surface area contributed by atoms with Crippen LogP contribution >= 0.6 is 0 Å². The zero-order valence-corrected chi connectivity index (χ0v) is 20.0. The lowest BCUT2D eigenvalue weighted by Gasteiger charge is -2.38. The van der Waals surface area contributed by atoms with Gasteiger partial charge in [-0.15, -0.1) is 0 Å². The van der Waals surface area contributed by atoms with Gasteiger partial charge in [-0.25, -0.2) is 8.42 Å². The summed E-state index contributed by atoms with van der Waals surface area (Å²) in [5, 5.41) is 3.07. The molecule has 0 saturated carbocycles. The number of nitrogens with one attached hydrogen (secondary N) is 1. The summed E-state index contributed by atoms with van der Waals surface area (Å²) in [6.07, 6.45) is 0.994.